The summed E-state index contributed by atoms with van der Waals surface area (Å²) >= 11 is 0. The van der Waals surface area contributed by atoms with Gasteiger partial charge in [-0.3, -0.25) is 9.59 Å². The first kappa shape index (κ1) is 43.3. The molecule has 4 unspecified atom stereocenters. The van der Waals surface area contributed by atoms with E-state index in [-0.39, 0.29) is 18.3 Å². The van der Waals surface area contributed by atoms with Crippen LogP contribution >= 0.6 is 0 Å². The molecule has 10 nitrogen and oxygen atoms in total. The van der Waals surface area contributed by atoms with E-state index < -0.39 is 31.5 Å². The Hall–Kier alpha value is -4.14. The van der Waals surface area contributed by atoms with Gasteiger partial charge in [-0.15, -0.1) is 0 Å². The van der Waals surface area contributed by atoms with Crippen molar-refractivity contribution in [3.63, 3.8) is 0 Å². The molecule has 0 aliphatic carbocycles. The average Bonchev–Trinajstić information content (AvgIpc) is 3.59. The first-order valence-electron chi connectivity index (χ1n) is 18.4. The Morgan fingerprint density at radius 3 is 1.66 bits per heavy atom. The molecule has 0 spiro atoms. The fraction of sp³-hybridized carbons (Fsp3) is 0.488. The minimum absolute atomic E-state index is 0.0584. The molecule has 5 rings (SSSR count). The molecule has 2 aliphatic heterocycles. The summed E-state index contributed by atoms with van der Waals surface area (Å²) in [5.74, 6) is 2.06. The molecule has 1 fully saturated rings. The van der Waals surface area contributed by atoms with E-state index in [4.69, 9.17) is 33.4 Å². The van der Waals surface area contributed by atoms with Crippen LogP contribution in [0.1, 0.15) is 126 Å². The van der Waals surface area contributed by atoms with Crippen molar-refractivity contribution < 1.29 is 42.8 Å². The maximum Gasteiger partial charge on any atom is 0.499 e. The maximum absolute atomic E-state index is 11.4. The van der Waals surface area contributed by atoms with Gasteiger partial charge in [0.15, 0.2) is 6.10 Å². The Morgan fingerprint density at radius 1 is 0.755 bits per heavy atom. The van der Waals surface area contributed by atoms with Gasteiger partial charge in [0.05, 0.1) is 35.6 Å². The van der Waals surface area contributed by atoms with Crippen molar-refractivity contribution in [2.45, 2.75) is 131 Å². The largest absolute Gasteiger partial charge is 0.499 e. The lowest BCUT2D eigenvalue weighted by atomic mass is 9.75. The second kappa shape index (κ2) is 19.3. The Bertz CT molecular complexity index is 1710. The van der Waals surface area contributed by atoms with E-state index in [1.807, 2.05) is 98.7 Å². The smallest absolute Gasteiger partial charge is 0.491 e. The lowest BCUT2D eigenvalue weighted by molar-refractivity contribution is 0.00578. The first-order chi connectivity index (χ1) is 25.1. The van der Waals surface area contributed by atoms with Crippen molar-refractivity contribution in [2.75, 3.05) is 0 Å². The summed E-state index contributed by atoms with van der Waals surface area (Å²) < 4.78 is 34.7. The molecule has 1 saturated heterocycles. The molecule has 0 amide bonds. The van der Waals surface area contributed by atoms with Gasteiger partial charge in [0, 0.05) is 27.6 Å². The summed E-state index contributed by atoms with van der Waals surface area (Å²) in [6.07, 6.45) is 4.01. The van der Waals surface area contributed by atoms with Crippen molar-refractivity contribution in [3.05, 3.63) is 76.9 Å². The fourth-order valence-corrected chi connectivity index (χ4v) is 5.29. The molecular weight excluding hydrogens is 672 g/mol. The Balaban J connectivity index is 0.000000220. The van der Waals surface area contributed by atoms with E-state index >= 15 is 0 Å². The molecule has 3 aromatic carbocycles. The molecule has 2 aliphatic rings. The van der Waals surface area contributed by atoms with Crippen LogP contribution in [0.15, 0.2) is 54.6 Å². The molecule has 1 N–H and O–H groups in total. The van der Waals surface area contributed by atoms with Crippen LogP contribution in [0, 0.1) is 18.3 Å². The maximum atomic E-state index is 11.4. The minimum atomic E-state index is -1.07. The standard InChI is InChI=1S/C17H25BO4.C12H14BNO3.C12H16O2/c1-7-12(2)20-14-10-8-9-13(11-19)15(14)18-21-16(3,4)17(5,6)22-18;1-3-8(2)16-10-6-4-5-9-11(7-14)17-13(15)12(9)10;1-4-9(2)14-12-7-5-6-11(8-13)10(12)3/h8-12H,7H2,1-6H3;4-6,8,11,15H,3H2,1-2H3;5-9H,4H2,1-3H3. The van der Waals surface area contributed by atoms with Gasteiger partial charge in [-0.25, -0.2) is 0 Å². The van der Waals surface area contributed by atoms with Gasteiger partial charge in [-0.1, -0.05) is 57.2 Å². The van der Waals surface area contributed by atoms with Crippen molar-refractivity contribution >= 4 is 37.7 Å². The zero-order valence-electron chi connectivity index (χ0n) is 33.1. The summed E-state index contributed by atoms with van der Waals surface area (Å²) in [6, 6.07) is 18.4. The Labute approximate surface area is 316 Å². The Morgan fingerprint density at radius 2 is 1.19 bits per heavy atom. The number of carbonyl (C=O) groups is 2. The topological polar surface area (TPSA) is 134 Å². The average molecular weight is 728 g/mol. The normalized spacial score (nSPS) is 18.1. The van der Waals surface area contributed by atoms with Gasteiger partial charge in [-0.2, -0.15) is 5.26 Å². The number of rotatable bonds is 12. The van der Waals surface area contributed by atoms with Crippen LogP contribution in [0.25, 0.3) is 0 Å². The fourth-order valence-electron chi connectivity index (χ4n) is 5.29. The van der Waals surface area contributed by atoms with Crippen molar-refractivity contribution in [3.8, 4) is 23.3 Å². The third-order valence-corrected chi connectivity index (χ3v) is 9.89. The highest BCUT2D eigenvalue weighted by Crippen LogP contribution is 2.37. The number of hydrogen-bond acceptors (Lipinski definition) is 10. The van der Waals surface area contributed by atoms with Gasteiger partial charge >= 0.3 is 14.2 Å². The van der Waals surface area contributed by atoms with Crippen molar-refractivity contribution in [2.24, 2.45) is 0 Å². The molecule has 2 heterocycles. The van der Waals surface area contributed by atoms with Crippen LogP contribution < -0.4 is 25.1 Å². The van der Waals surface area contributed by atoms with E-state index in [9.17, 15) is 14.6 Å². The summed E-state index contributed by atoms with van der Waals surface area (Å²) in [6.45, 7) is 22.0. The van der Waals surface area contributed by atoms with Gasteiger partial charge < -0.3 is 33.2 Å². The predicted molar refractivity (Wildman–Crippen MR) is 209 cm³/mol. The number of hydrogen-bond donors (Lipinski definition) is 1. The number of ether oxygens (including phenoxy) is 3. The number of nitrogens with zero attached hydrogens (tertiary/aromatic N) is 1. The molecule has 284 valence electrons. The monoisotopic (exact) mass is 727 g/mol. The van der Waals surface area contributed by atoms with Crippen LogP contribution in [-0.4, -0.2) is 61.3 Å². The van der Waals surface area contributed by atoms with Crippen molar-refractivity contribution in [1.82, 2.24) is 0 Å². The molecule has 4 atom stereocenters. The number of benzene rings is 3. The van der Waals surface area contributed by atoms with Crippen LogP contribution in [0.5, 0.6) is 17.2 Å². The molecule has 0 radical (unpaired) electrons. The second-order valence-corrected chi connectivity index (χ2v) is 14.3. The summed E-state index contributed by atoms with van der Waals surface area (Å²) in [7, 11) is -1.68. The summed E-state index contributed by atoms with van der Waals surface area (Å²) in [5, 5.41) is 18.7. The van der Waals surface area contributed by atoms with E-state index in [2.05, 4.69) is 13.8 Å². The van der Waals surface area contributed by atoms with Crippen LogP contribution in [0.3, 0.4) is 0 Å². The predicted octanol–water partition coefficient (Wildman–Crippen LogP) is 7.11. The molecule has 3 aromatic rings. The second-order valence-electron chi connectivity index (χ2n) is 14.3. The third kappa shape index (κ3) is 10.7. The van der Waals surface area contributed by atoms with Crippen molar-refractivity contribution in [1.29, 1.82) is 5.26 Å². The highest BCUT2D eigenvalue weighted by Gasteiger charge is 2.53. The van der Waals surface area contributed by atoms with E-state index in [0.717, 1.165) is 43.1 Å². The summed E-state index contributed by atoms with van der Waals surface area (Å²) in [4.78, 5) is 22.1. The first-order valence-corrected chi connectivity index (χ1v) is 18.4. The van der Waals surface area contributed by atoms with Gasteiger partial charge in [0.25, 0.3) is 0 Å². The molecule has 0 saturated carbocycles. The molecular formula is C41H55B2NO9. The quantitative estimate of drug-likeness (QED) is 0.152. The molecule has 0 bridgehead atoms. The summed E-state index contributed by atoms with van der Waals surface area (Å²) in [5.41, 5.74) is 3.20. The lowest BCUT2D eigenvalue weighted by Gasteiger charge is -2.32. The molecule has 0 aromatic heterocycles. The number of carbonyl (C=O) groups excluding carboxylic acids is 2. The zero-order valence-corrected chi connectivity index (χ0v) is 33.1. The third-order valence-electron chi connectivity index (χ3n) is 9.89. The highest BCUT2D eigenvalue weighted by molar-refractivity contribution is 6.64. The van der Waals surface area contributed by atoms with Crippen LogP contribution in [0.2, 0.25) is 0 Å². The minimum Gasteiger partial charge on any atom is -0.491 e. The zero-order chi connectivity index (χ0) is 39.5. The lowest BCUT2D eigenvalue weighted by Crippen LogP contribution is -2.41. The van der Waals surface area contributed by atoms with Gasteiger partial charge in [-0.05, 0) is 98.4 Å². The van der Waals surface area contributed by atoms with E-state index in [1.54, 1.807) is 24.3 Å². The number of aldehydes is 2. The number of fused-ring (bicyclic) bond motifs is 1. The van der Waals surface area contributed by atoms with Crippen LogP contribution in [-0.2, 0) is 14.0 Å². The molecule has 53 heavy (non-hydrogen) atoms. The van der Waals surface area contributed by atoms with E-state index in [0.29, 0.717) is 39.1 Å². The number of nitriles is 1. The Kier molecular flexibility index (Phi) is 15.7. The van der Waals surface area contributed by atoms with Gasteiger partial charge in [0.2, 0.25) is 0 Å². The molecule has 12 heteroatoms. The van der Waals surface area contributed by atoms with E-state index in [1.165, 1.54) is 0 Å². The highest BCUT2D eigenvalue weighted by atomic mass is 16.7. The van der Waals surface area contributed by atoms with Crippen LogP contribution in [0.4, 0.5) is 0 Å². The van der Waals surface area contributed by atoms with Gasteiger partial charge in [0.1, 0.15) is 29.8 Å². The SMILES string of the molecule is CCC(C)Oc1cccc(C=O)c1B1OC(C)(C)C(C)(C)O1.CCC(C)Oc1cccc(C=O)c1C.CCC(C)Oc1cccc2c1B(O)OC2C#N.